The molecule has 2 aromatic carbocycles. The second-order valence-corrected chi connectivity index (χ2v) is 10.6. The Kier molecular flexibility index (Phi) is 5.57. The minimum Gasteiger partial charge on any atom is -0.497 e. The first-order valence-electron chi connectivity index (χ1n) is 11.0. The van der Waals surface area contributed by atoms with Crippen molar-refractivity contribution < 1.29 is 17.9 Å². The number of aryl methyl sites for hydroxylation is 1. The average molecular weight is 477 g/mol. The summed E-state index contributed by atoms with van der Waals surface area (Å²) in [6.45, 7) is 1.82. The topological polar surface area (TPSA) is 103 Å². The summed E-state index contributed by atoms with van der Waals surface area (Å²) in [6, 6.07) is 18.1. The SMILES string of the molecule is COc1ccc(NC(=O)c2cc(-c3ccccc3)nc3c2c(C)nn3C2CCS(=O)(=O)C2)cc1. The van der Waals surface area contributed by atoms with Gasteiger partial charge in [0, 0.05) is 11.3 Å². The van der Waals surface area contributed by atoms with Gasteiger partial charge in [-0.05, 0) is 43.7 Å². The number of fused-ring (bicyclic) bond motifs is 1. The standard InChI is InChI=1S/C25H24N4O4S/c1-16-23-21(25(30)26-18-8-10-20(33-2)11-9-18)14-22(17-6-4-3-5-7-17)27-24(23)29(28-16)19-12-13-34(31,32)15-19/h3-11,14,19H,12-13,15H2,1-2H3,(H,26,30). The largest absolute Gasteiger partial charge is 0.497 e. The van der Waals surface area contributed by atoms with Crippen LogP contribution in [0, 0.1) is 6.92 Å². The number of rotatable bonds is 5. The molecule has 3 heterocycles. The molecule has 1 unspecified atom stereocenters. The summed E-state index contributed by atoms with van der Waals surface area (Å²) >= 11 is 0. The molecule has 4 aromatic rings. The fourth-order valence-electron chi connectivity index (χ4n) is 4.34. The van der Waals surface area contributed by atoms with Crippen molar-refractivity contribution in [1.29, 1.82) is 0 Å². The van der Waals surface area contributed by atoms with Crippen LogP contribution in [-0.4, -0.2) is 47.7 Å². The molecule has 0 radical (unpaired) electrons. The highest BCUT2D eigenvalue weighted by Crippen LogP contribution is 2.32. The van der Waals surface area contributed by atoms with E-state index in [2.05, 4.69) is 10.4 Å². The third-order valence-electron chi connectivity index (χ3n) is 6.05. The van der Waals surface area contributed by atoms with Gasteiger partial charge in [0.15, 0.2) is 15.5 Å². The van der Waals surface area contributed by atoms with Gasteiger partial charge in [-0.25, -0.2) is 18.1 Å². The predicted molar refractivity (Wildman–Crippen MR) is 131 cm³/mol. The van der Waals surface area contributed by atoms with E-state index in [1.807, 2.05) is 37.3 Å². The van der Waals surface area contributed by atoms with Crippen molar-refractivity contribution in [3.63, 3.8) is 0 Å². The molecule has 1 N–H and O–H groups in total. The van der Waals surface area contributed by atoms with Crippen LogP contribution < -0.4 is 10.1 Å². The molecule has 8 nitrogen and oxygen atoms in total. The van der Waals surface area contributed by atoms with Crippen molar-refractivity contribution >= 4 is 32.5 Å². The molecule has 174 valence electrons. The molecule has 0 spiro atoms. The highest BCUT2D eigenvalue weighted by atomic mass is 32.2. The number of amides is 1. The first-order valence-corrected chi connectivity index (χ1v) is 12.8. The van der Waals surface area contributed by atoms with Gasteiger partial charge in [-0.15, -0.1) is 0 Å². The average Bonchev–Trinajstić information content (AvgIpc) is 3.38. The van der Waals surface area contributed by atoms with Crippen LogP contribution in [-0.2, 0) is 9.84 Å². The molecule has 1 atom stereocenters. The van der Waals surface area contributed by atoms with Gasteiger partial charge < -0.3 is 10.1 Å². The lowest BCUT2D eigenvalue weighted by atomic mass is 10.0. The zero-order valence-electron chi connectivity index (χ0n) is 18.9. The summed E-state index contributed by atoms with van der Waals surface area (Å²) < 4.78 is 31.1. The maximum absolute atomic E-state index is 13.4. The Morgan fingerprint density at radius 1 is 1.12 bits per heavy atom. The fourth-order valence-corrected chi connectivity index (χ4v) is 6.04. The van der Waals surface area contributed by atoms with Crippen molar-refractivity contribution in [3.05, 3.63) is 71.9 Å². The minimum absolute atomic E-state index is 0.0217. The predicted octanol–water partition coefficient (Wildman–Crippen LogP) is 4.03. The summed E-state index contributed by atoms with van der Waals surface area (Å²) in [5.74, 6) is 0.547. The Morgan fingerprint density at radius 3 is 2.50 bits per heavy atom. The number of sulfone groups is 1. The smallest absolute Gasteiger partial charge is 0.256 e. The number of nitrogens with zero attached hydrogens (tertiary/aromatic N) is 3. The molecule has 0 aliphatic carbocycles. The molecule has 1 amide bonds. The number of ether oxygens (including phenoxy) is 1. The Morgan fingerprint density at radius 2 is 1.85 bits per heavy atom. The summed E-state index contributed by atoms with van der Waals surface area (Å²) in [6.07, 6.45) is 0.475. The number of carbonyl (C=O) groups excluding carboxylic acids is 1. The Labute approximate surface area is 197 Å². The Hall–Kier alpha value is -3.72. The second kappa shape index (κ2) is 8.57. The van der Waals surface area contributed by atoms with Gasteiger partial charge in [0.2, 0.25) is 0 Å². The van der Waals surface area contributed by atoms with Gasteiger partial charge >= 0.3 is 0 Å². The molecule has 2 aromatic heterocycles. The quantitative estimate of drug-likeness (QED) is 0.467. The second-order valence-electron chi connectivity index (χ2n) is 8.39. The fraction of sp³-hybridized carbons (Fsp3) is 0.240. The molecule has 34 heavy (non-hydrogen) atoms. The number of aromatic nitrogens is 3. The van der Waals surface area contributed by atoms with E-state index in [4.69, 9.17) is 9.72 Å². The van der Waals surface area contributed by atoms with Crippen molar-refractivity contribution in [1.82, 2.24) is 14.8 Å². The van der Waals surface area contributed by atoms with Crippen LogP contribution in [0.4, 0.5) is 5.69 Å². The third-order valence-corrected chi connectivity index (χ3v) is 7.80. The minimum atomic E-state index is -3.12. The van der Waals surface area contributed by atoms with E-state index in [0.29, 0.717) is 45.8 Å². The van der Waals surface area contributed by atoms with E-state index in [1.54, 1.807) is 42.1 Å². The first kappa shape index (κ1) is 22.1. The van der Waals surface area contributed by atoms with Crippen molar-refractivity contribution in [2.24, 2.45) is 0 Å². The summed E-state index contributed by atoms with van der Waals surface area (Å²) in [5.41, 5.74) is 3.68. The maximum atomic E-state index is 13.4. The van der Waals surface area contributed by atoms with E-state index in [9.17, 15) is 13.2 Å². The number of hydrogen-bond acceptors (Lipinski definition) is 6. The number of nitrogens with one attached hydrogen (secondary N) is 1. The molecular weight excluding hydrogens is 452 g/mol. The third kappa shape index (κ3) is 4.14. The summed E-state index contributed by atoms with van der Waals surface area (Å²) in [5, 5.41) is 8.20. The van der Waals surface area contributed by atoms with E-state index in [0.717, 1.165) is 5.56 Å². The van der Waals surface area contributed by atoms with Crippen molar-refractivity contribution in [2.75, 3.05) is 23.9 Å². The van der Waals surface area contributed by atoms with Crippen LogP contribution in [0.3, 0.4) is 0 Å². The lowest BCUT2D eigenvalue weighted by Crippen LogP contribution is -2.15. The van der Waals surface area contributed by atoms with Crippen LogP contribution in [0.2, 0.25) is 0 Å². The van der Waals surface area contributed by atoms with E-state index < -0.39 is 9.84 Å². The summed E-state index contributed by atoms with van der Waals surface area (Å²) in [4.78, 5) is 18.3. The molecule has 0 saturated carbocycles. The highest BCUT2D eigenvalue weighted by Gasteiger charge is 2.32. The van der Waals surface area contributed by atoms with E-state index in [-0.39, 0.29) is 23.5 Å². The Balaban J connectivity index is 1.64. The van der Waals surface area contributed by atoms with Gasteiger partial charge in [-0.3, -0.25) is 4.79 Å². The molecule has 1 aliphatic rings. The number of carbonyl (C=O) groups is 1. The van der Waals surface area contributed by atoms with Gasteiger partial charge in [-0.2, -0.15) is 5.10 Å². The first-order chi connectivity index (χ1) is 16.3. The Bertz CT molecular complexity index is 1480. The van der Waals surface area contributed by atoms with Gasteiger partial charge in [0.05, 0.1) is 47.0 Å². The number of hydrogen-bond donors (Lipinski definition) is 1. The molecule has 0 bridgehead atoms. The number of methoxy groups -OCH3 is 1. The lowest BCUT2D eigenvalue weighted by molar-refractivity contribution is 0.102. The van der Waals surface area contributed by atoms with E-state index >= 15 is 0 Å². The monoisotopic (exact) mass is 476 g/mol. The normalized spacial score (nSPS) is 17.1. The number of anilines is 1. The van der Waals surface area contributed by atoms with Gasteiger partial charge in [0.1, 0.15) is 5.75 Å². The summed E-state index contributed by atoms with van der Waals surface area (Å²) in [7, 11) is -1.53. The molecule has 9 heteroatoms. The van der Waals surface area contributed by atoms with Crippen LogP contribution in [0.15, 0.2) is 60.7 Å². The zero-order chi connectivity index (χ0) is 23.9. The molecular formula is C25H24N4O4S. The van der Waals surface area contributed by atoms with Crippen LogP contribution in [0.25, 0.3) is 22.3 Å². The van der Waals surface area contributed by atoms with Crippen molar-refractivity contribution in [2.45, 2.75) is 19.4 Å². The molecule has 1 fully saturated rings. The van der Waals surface area contributed by atoms with Crippen LogP contribution in [0.1, 0.15) is 28.5 Å². The number of benzene rings is 2. The van der Waals surface area contributed by atoms with Crippen molar-refractivity contribution in [3.8, 4) is 17.0 Å². The molecule has 1 aliphatic heterocycles. The zero-order valence-corrected chi connectivity index (χ0v) is 19.7. The maximum Gasteiger partial charge on any atom is 0.256 e. The van der Waals surface area contributed by atoms with Crippen LogP contribution >= 0.6 is 0 Å². The van der Waals surface area contributed by atoms with Gasteiger partial charge in [0.25, 0.3) is 5.91 Å². The molecule has 1 saturated heterocycles. The lowest BCUT2D eigenvalue weighted by Gasteiger charge is -2.12. The number of pyridine rings is 1. The van der Waals surface area contributed by atoms with E-state index in [1.165, 1.54) is 0 Å². The highest BCUT2D eigenvalue weighted by molar-refractivity contribution is 7.91. The molecule has 5 rings (SSSR count). The van der Waals surface area contributed by atoms with Gasteiger partial charge in [-0.1, -0.05) is 30.3 Å². The van der Waals surface area contributed by atoms with Crippen LogP contribution in [0.5, 0.6) is 5.75 Å².